The van der Waals surface area contributed by atoms with Crippen LogP contribution in [0.5, 0.6) is 0 Å². The summed E-state index contributed by atoms with van der Waals surface area (Å²) in [5.74, 6) is 0.0760. The van der Waals surface area contributed by atoms with Crippen LogP contribution in [-0.2, 0) is 14.3 Å². The van der Waals surface area contributed by atoms with E-state index in [9.17, 15) is 9.59 Å². The van der Waals surface area contributed by atoms with Crippen LogP contribution < -0.4 is 0 Å². The number of hydrogen-bond acceptors (Lipinski definition) is 3. The first kappa shape index (κ1) is 24.1. The number of ketones is 1. The molecule has 0 heterocycles. The van der Waals surface area contributed by atoms with Crippen LogP contribution in [-0.4, -0.2) is 18.9 Å². The Morgan fingerprint density at radius 3 is 1.40 bits per heavy atom. The lowest BCUT2D eigenvalue weighted by Crippen LogP contribution is -2.03. The second-order valence-electron chi connectivity index (χ2n) is 7.31. The fraction of sp³-hybridized carbons (Fsp3) is 0.909. The van der Waals surface area contributed by atoms with Crippen LogP contribution in [0.2, 0.25) is 0 Å². The molecule has 0 amide bonds. The maximum absolute atomic E-state index is 11.7. The molecule has 0 bridgehead atoms. The second kappa shape index (κ2) is 19.5. The number of unbranched alkanes of at least 4 members (excludes halogenated alkanes) is 13. The lowest BCUT2D eigenvalue weighted by Gasteiger charge is -2.03. The summed E-state index contributed by atoms with van der Waals surface area (Å²) < 4.78 is 4.57. The van der Waals surface area contributed by atoms with E-state index in [0.717, 1.165) is 6.42 Å². The first-order valence-electron chi connectivity index (χ1n) is 10.8. The van der Waals surface area contributed by atoms with Gasteiger partial charge in [0.1, 0.15) is 5.78 Å². The molecule has 0 aliphatic heterocycles. The van der Waals surface area contributed by atoms with Crippen LogP contribution in [0.4, 0.5) is 0 Å². The highest BCUT2D eigenvalue weighted by Gasteiger charge is 2.05. The van der Waals surface area contributed by atoms with Gasteiger partial charge in [0.15, 0.2) is 0 Å². The van der Waals surface area contributed by atoms with Gasteiger partial charge in [-0.2, -0.15) is 0 Å². The average molecular weight is 355 g/mol. The molecular formula is C22H42O3. The minimum atomic E-state index is -0.218. The molecule has 3 nitrogen and oxygen atoms in total. The number of hydrogen-bond donors (Lipinski definition) is 0. The Bertz CT molecular complexity index is 312. The minimum Gasteiger partial charge on any atom is -0.469 e. The van der Waals surface area contributed by atoms with Gasteiger partial charge in [0.25, 0.3) is 0 Å². The molecule has 3 heteroatoms. The molecule has 0 fully saturated rings. The van der Waals surface area contributed by atoms with E-state index in [1.54, 1.807) is 0 Å². The standard InChI is InChI=1S/C22H42O3/c1-3-4-5-6-7-8-9-10-11-12-13-14-15-16-18-21(23)19-17-20-22(24)25-2/h3-20H2,1-2H3. The summed E-state index contributed by atoms with van der Waals surface area (Å²) in [5.41, 5.74) is 0. The summed E-state index contributed by atoms with van der Waals surface area (Å²) in [6.45, 7) is 2.27. The van der Waals surface area contributed by atoms with Gasteiger partial charge in [-0.3, -0.25) is 9.59 Å². The number of methoxy groups -OCH3 is 1. The largest absolute Gasteiger partial charge is 0.469 e. The van der Waals surface area contributed by atoms with E-state index in [0.29, 0.717) is 31.5 Å². The van der Waals surface area contributed by atoms with Crippen molar-refractivity contribution in [1.82, 2.24) is 0 Å². The Balaban J connectivity index is 3.15. The third-order valence-corrected chi connectivity index (χ3v) is 4.87. The Hall–Kier alpha value is -0.860. The molecule has 0 N–H and O–H groups in total. The van der Waals surface area contributed by atoms with Gasteiger partial charge in [-0.1, -0.05) is 90.4 Å². The summed E-state index contributed by atoms with van der Waals surface area (Å²) in [5, 5.41) is 0. The number of carbonyl (C=O) groups is 2. The molecule has 148 valence electrons. The lowest BCUT2D eigenvalue weighted by molar-refractivity contribution is -0.140. The molecule has 0 aliphatic rings. The van der Waals surface area contributed by atoms with Gasteiger partial charge >= 0.3 is 5.97 Å². The highest BCUT2D eigenvalue weighted by atomic mass is 16.5. The van der Waals surface area contributed by atoms with Crippen LogP contribution in [0.1, 0.15) is 122 Å². The number of esters is 1. The van der Waals surface area contributed by atoms with Crippen molar-refractivity contribution in [3.63, 3.8) is 0 Å². The summed E-state index contributed by atoms with van der Waals surface area (Å²) in [7, 11) is 1.39. The van der Waals surface area contributed by atoms with Crippen molar-refractivity contribution in [1.29, 1.82) is 0 Å². The molecule has 25 heavy (non-hydrogen) atoms. The molecular weight excluding hydrogens is 312 g/mol. The van der Waals surface area contributed by atoms with Crippen LogP contribution in [0.3, 0.4) is 0 Å². The molecule has 0 aromatic rings. The summed E-state index contributed by atoms with van der Waals surface area (Å²) in [6.07, 6.45) is 20.9. The quantitative estimate of drug-likeness (QED) is 0.190. The van der Waals surface area contributed by atoms with Crippen molar-refractivity contribution < 1.29 is 14.3 Å². The van der Waals surface area contributed by atoms with Crippen molar-refractivity contribution >= 4 is 11.8 Å². The van der Waals surface area contributed by atoms with Crippen molar-refractivity contribution in [2.24, 2.45) is 0 Å². The van der Waals surface area contributed by atoms with E-state index < -0.39 is 0 Å². The predicted molar refractivity (Wildman–Crippen MR) is 106 cm³/mol. The molecule has 0 unspecified atom stereocenters. The van der Waals surface area contributed by atoms with Gasteiger partial charge in [-0.15, -0.1) is 0 Å². The number of carbonyl (C=O) groups excluding carboxylic acids is 2. The van der Waals surface area contributed by atoms with Gasteiger partial charge < -0.3 is 4.74 Å². The van der Waals surface area contributed by atoms with E-state index in [-0.39, 0.29) is 5.97 Å². The van der Waals surface area contributed by atoms with Crippen molar-refractivity contribution in [3.8, 4) is 0 Å². The third-order valence-electron chi connectivity index (χ3n) is 4.87. The third kappa shape index (κ3) is 19.3. The Morgan fingerprint density at radius 1 is 0.560 bits per heavy atom. The summed E-state index contributed by atoms with van der Waals surface area (Å²) >= 11 is 0. The molecule has 0 aromatic carbocycles. The van der Waals surface area contributed by atoms with Gasteiger partial charge in [0.2, 0.25) is 0 Å². The Labute approximate surface area is 156 Å². The van der Waals surface area contributed by atoms with Crippen LogP contribution in [0.15, 0.2) is 0 Å². The zero-order valence-corrected chi connectivity index (χ0v) is 17.0. The van der Waals surface area contributed by atoms with Gasteiger partial charge in [-0.25, -0.2) is 0 Å². The predicted octanol–water partition coefficient (Wildman–Crippen LogP) is 6.77. The minimum absolute atomic E-state index is 0.218. The monoisotopic (exact) mass is 354 g/mol. The number of ether oxygens (including phenoxy) is 1. The first-order valence-corrected chi connectivity index (χ1v) is 10.8. The zero-order chi connectivity index (χ0) is 18.6. The molecule has 0 spiro atoms. The van der Waals surface area contributed by atoms with Gasteiger partial charge in [0, 0.05) is 19.3 Å². The zero-order valence-electron chi connectivity index (χ0n) is 17.0. The molecule has 0 saturated carbocycles. The SMILES string of the molecule is CCCCCCCCCCCCCCCCC(=O)CCCC(=O)OC. The van der Waals surface area contributed by atoms with E-state index in [2.05, 4.69) is 11.7 Å². The van der Waals surface area contributed by atoms with Crippen molar-refractivity contribution in [2.45, 2.75) is 122 Å². The summed E-state index contributed by atoms with van der Waals surface area (Å²) in [6, 6.07) is 0. The fourth-order valence-corrected chi connectivity index (χ4v) is 3.17. The van der Waals surface area contributed by atoms with Gasteiger partial charge in [0.05, 0.1) is 7.11 Å². The van der Waals surface area contributed by atoms with E-state index >= 15 is 0 Å². The van der Waals surface area contributed by atoms with E-state index in [1.165, 1.54) is 90.6 Å². The number of rotatable bonds is 19. The molecule has 0 aromatic heterocycles. The van der Waals surface area contributed by atoms with Crippen LogP contribution in [0.25, 0.3) is 0 Å². The maximum atomic E-state index is 11.7. The molecule has 0 radical (unpaired) electrons. The Morgan fingerprint density at radius 2 is 0.960 bits per heavy atom. The lowest BCUT2D eigenvalue weighted by atomic mass is 10.0. The summed E-state index contributed by atoms with van der Waals surface area (Å²) in [4.78, 5) is 22.6. The van der Waals surface area contributed by atoms with Gasteiger partial charge in [-0.05, 0) is 12.8 Å². The first-order chi connectivity index (χ1) is 12.2. The highest BCUT2D eigenvalue weighted by molar-refractivity contribution is 5.79. The molecule has 0 atom stereocenters. The smallest absolute Gasteiger partial charge is 0.305 e. The van der Waals surface area contributed by atoms with Crippen molar-refractivity contribution in [3.05, 3.63) is 0 Å². The molecule has 0 saturated heterocycles. The fourth-order valence-electron chi connectivity index (χ4n) is 3.17. The Kier molecular flexibility index (Phi) is 18.8. The van der Waals surface area contributed by atoms with E-state index in [1.807, 2.05) is 0 Å². The average Bonchev–Trinajstić information content (AvgIpc) is 2.61. The van der Waals surface area contributed by atoms with E-state index in [4.69, 9.17) is 0 Å². The van der Waals surface area contributed by atoms with Crippen molar-refractivity contribution in [2.75, 3.05) is 7.11 Å². The molecule has 0 aliphatic carbocycles. The highest BCUT2D eigenvalue weighted by Crippen LogP contribution is 2.13. The van der Waals surface area contributed by atoms with Crippen LogP contribution in [0, 0.1) is 0 Å². The number of Topliss-reactive ketones (excluding diaryl/α,β-unsaturated/α-hetero) is 1. The maximum Gasteiger partial charge on any atom is 0.305 e. The normalized spacial score (nSPS) is 10.8. The second-order valence-corrected chi connectivity index (χ2v) is 7.31. The molecule has 0 rings (SSSR count). The van der Waals surface area contributed by atoms with Crippen LogP contribution >= 0.6 is 0 Å². The topological polar surface area (TPSA) is 43.4 Å².